The Labute approximate surface area is 176 Å². The Balaban J connectivity index is 5.00. The van der Waals surface area contributed by atoms with Gasteiger partial charge in [0.05, 0.1) is 12.6 Å². The minimum Gasteiger partial charge on any atom is -0.480 e. The highest BCUT2D eigenvalue weighted by Gasteiger charge is 2.30. The average molecular weight is 430 g/mol. The second-order valence-corrected chi connectivity index (χ2v) is 7.46. The van der Waals surface area contributed by atoms with Crippen LogP contribution in [0.2, 0.25) is 0 Å². The minimum atomic E-state index is -1.32. The van der Waals surface area contributed by atoms with Gasteiger partial charge < -0.3 is 32.5 Å². The number of primary amides is 1. The molecule has 0 saturated heterocycles. The van der Waals surface area contributed by atoms with E-state index in [1.165, 1.54) is 0 Å². The topological polar surface area (TPSA) is 194 Å². The van der Waals surface area contributed by atoms with Crippen LogP contribution in [0.4, 0.5) is 0 Å². The highest BCUT2D eigenvalue weighted by Crippen LogP contribution is 2.09. The van der Waals surface area contributed by atoms with Gasteiger partial charge in [-0.3, -0.25) is 19.2 Å². The summed E-state index contributed by atoms with van der Waals surface area (Å²) >= 11 is 0. The first-order chi connectivity index (χ1) is 13.9. The van der Waals surface area contributed by atoms with Gasteiger partial charge in [0.2, 0.25) is 23.6 Å². The maximum absolute atomic E-state index is 12.6. The van der Waals surface area contributed by atoms with Crippen molar-refractivity contribution in [1.29, 1.82) is 0 Å². The van der Waals surface area contributed by atoms with E-state index in [0.717, 1.165) is 0 Å². The second kappa shape index (κ2) is 13.5. The van der Waals surface area contributed by atoms with Crippen molar-refractivity contribution in [1.82, 2.24) is 16.0 Å². The van der Waals surface area contributed by atoms with Gasteiger partial charge >= 0.3 is 5.97 Å². The van der Waals surface area contributed by atoms with E-state index in [9.17, 15) is 29.1 Å². The Morgan fingerprint density at radius 3 is 1.97 bits per heavy atom. The molecule has 0 radical (unpaired) electrons. The SMILES string of the molecule is CCC(C)C(N)C(=O)NCC(=O)NC(C(=O)NC(CCC(N)=O)C(=O)O)C(C)CC. The van der Waals surface area contributed by atoms with Gasteiger partial charge in [-0.05, 0) is 18.3 Å². The Morgan fingerprint density at radius 1 is 0.933 bits per heavy atom. The number of carbonyl (C=O) groups excluding carboxylic acids is 4. The van der Waals surface area contributed by atoms with E-state index in [4.69, 9.17) is 11.5 Å². The zero-order chi connectivity index (χ0) is 23.4. The number of nitrogens with one attached hydrogen (secondary N) is 3. The Bertz CT molecular complexity index is 627. The van der Waals surface area contributed by atoms with Crippen LogP contribution in [-0.2, 0) is 24.0 Å². The molecule has 0 aliphatic rings. The number of aliphatic carboxylic acids is 1. The number of carbonyl (C=O) groups is 5. The van der Waals surface area contributed by atoms with Gasteiger partial charge in [-0.15, -0.1) is 0 Å². The van der Waals surface area contributed by atoms with Crippen molar-refractivity contribution in [3.05, 3.63) is 0 Å². The fourth-order valence-electron chi connectivity index (χ4n) is 2.53. The summed E-state index contributed by atoms with van der Waals surface area (Å²) in [4.78, 5) is 59.1. The third-order valence-electron chi connectivity index (χ3n) is 5.09. The fraction of sp³-hybridized carbons (Fsp3) is 0.737. The van der Waals surface area contributed by atoms with Crippen molar-refractivity contribution in [3.8, 4) is 0 Å². The number of rotatable bonds is 14. The van der Waals surface area contributed by atoms with Gasteiger partial charge in [-0.1, -0.05) is 40.5 Å². The van der Waals surface area contributed by atoms with E-state index in [1.807, 2.05) is 20.8 Å². The zero-order valence-electron chi connectivity index (χ0n) is 18.1. The maximum Gasteiger partial charge on any atom is 0.326 e. The summed E-state index contributed by atoms with van der Waals surface area (Å²) in [5, 5.41) is 16.5. The van der Waals surface area contributed by atoms with Crippen molar-refractivity contribution in [2.75, 3.05) is 6.54 Å². The molecule has 0 aliphatic heterocycles. The molecule has 0 aromatic rings. The van der Waals surface area contributed by atoms with Crippen molar-refractivity contribution in [3.63, 3.8) is 0 Å². The van der Waals surface area contributed by atoms with Crippen LogP contribution in [0.25, 0.3) is 0 Å². The Morgan fingerprint density at radius 2 is 1.50 bits per heavy atom. The predicted molar refractivity (Wildman–Crippen MR) is 110 cm³/mol. The Kier molecular flexibility index (Phi) is 12.3. The largest absolute Gasteiger partial charge is 0.480 e. The molecule has 11 heteroatoms. The smallest absolute Gasteiger partial charge is 0.326 e. The summed E-state index contributed by atoms with van der Waals surface area (Å²) in [6.45, 7) is 6.89. The van der Waals surface area contributed by atoms with Crippen LogP contribution >= 0.6 is 0 Å². The molecule has 0 heterocycles. The molecule has 4 amide bonds. The maximum atomic E-state index is 12.6. The molecule has 5 unspecified atom stereocenters. The lowest BCUT2D eigenvalue weighted by Crippen LogP contribution is -2.56. The third kappa shape index (κ3) is 9.68. The highest BCUT2D eigenvalue weighted by molar-refractivity contribution is 5.92. The lowest BCUT2D eigenvalue weighted by Gasteiger charge is -2.25. The molecule has 30 heavy (non-hydrogen) atoms. The van der Waals surface area contributed by atoms with Gasteiger partial charge in [-0.2, -0.15) is 0 Å². The van der Waals surface area contributed by atoms with Gasteiger partial charge in [0.1, 0.15) is 12.1 Å². The number of nitrogens with two attached hydrogens (primary N) is 2. The third-order valence-corrected chi connectivity index (χ3v) is 5.09. The molecule has 172 valence electrons. The van der Waals surface area contributed by atoms with E-state index in [2.05, 4.69) is 16.0 Å². The zero-order valence-corrected chi connectivity index (χ0v) is 18.1. The van der Waals surface area contributed by atoms with Crippen molar-refractivity contribution >= 4 is 29.6 Å². The number of carboxylic acids is 1. The van der Waals surface area contributed by atoms with Crippen LogP contribution < -0.4 is 27.4 Å². The molecule has 8 N–H and O–H groups in total. The minimum absolute atomic E-state index is 0.0555. The molecule has 0 aromatic carbocycles. The standard InChI is InChI=1S/C19H35N5O6/c1-5-10(3)15(21)17(27)22-9-14(26)24-16(11(4)6-2)18(28)23-12(19(29)30)7-8-13(20)25/h10-12,15-16H,5-9,21H2,1-4H3,(H2,20,25)(H,22,27)(H,23,28)(H,24,26)(H,29,30). The molecule has 0 fully saturated rings. The lowest BCUT2D eigenvalue weighted by atomic mass is 9.97. The second-order valence-electron chi connectivity index (χ2n) is 7.46. The predicted octanol–water partition coefficient (Wildman–Crippen LogP) is -1.16. The van der Waals surface area contributed by atoms with E-state index in [0.29, 0.717) is 12.8 Å². The summed E-state index contributed by atoms with van der Waals surface area (Å²) in [6, 6.07) is -3.09. The van der Waals surface area contributed by atoms with Crippen molar-refractivity contribution in [2.24, 2.45) is 23.3 Å². The van der Waals surface area contributed by atoms with E-state index >= 15 is 0 Å². The number of hydrogen-bond donors (Lipinski definition) is 6. The van der Waals surface area contributed by atoms with E-state index in [-0.39, 0.29) is 31.2 Å². The fourth-order valence-corrected chi connectivity index (χ4v) is 2.53. The van der Waals surface area contributed by atoms with Gasteiger partial charge in [0.25, 0.3) is 0 Å². The molecule has 0 spiro atoms. The molecule has 5 atom stereocenters. The van der Waals surface area contributed by atoms with Crippen LogP contribution in [-0.4, -0.2) is 59.4 Å². The highest BCUT2D eigenvalue weighted by atomic mass is 16.4. The van der Waals surface area contributed by atoms with E-state index < -0.39 is 47.7 Å². The Hall–Kier alpha value is -2.69. The molecular formula is C19H35N5O6. The van der Waals surface area contributed by atoms with Gasteiger partial charge in [-0.25, -0.2) is 4.79 Å². The monoisotopic (exact) mass is 429 g/mol. The quantitative estimate of drug-likeness (QED) is 0.200. The van der Waals surface area contributed by atoms with Crippen LogP contribution in [0.3, 0.4) is 0 Å². The van der Waals surface area contributed by atoms with Crippen LogP contribution in [0, 0.1) is 11.8 Å². The summed E-state index contributed by atoms with van der Waals surface area (Å²) < 4.78 is 0. The first-order valence-corrected chi connectivity index (χ1v) is 10.1. The summed E-state index contributed by atoms with van der Waals surface area (Å²) in [7, 11) is 0. The summed E-state index contributed by atoms with van der Waals surface area (Å²) in [5.41, 5.74) is 10.8. The van der Waals surface area contributed by atoms with Crippen LogP contribution in [0.1, 0.15) is 53.4 Å². The van der Waals surface area contributed by atoms with Crippen molar-refractivity contribution < 1.29 is 29.1 Å². The van der Waals surface area contributed by atoms with Crippen molar-refractivity contribution in [2.45, 2.75) is 71.5 Å². The van der Waals surface area contributed by atoms with Gasteiger partial charge in [0, 0.05) is 6.42 Å². The molecule has 11 nitrogen and oxygen atoms in total. The molecule has 0 bridgehead atoms. The molecule has 0 aromatic heterocycles. The molecule has 0 rings (SSSR count). The number of carboxylic acid groups (broad SMARTS) is 1. The van der Waals surface area contributed by atoms with Crippen LogP contribution in [0.5, 0.6) is 0 Å². The molecular weight excluding hydrogens is 394 g/mol. The average Bonchev–Trinajstić information content (AvgIpc) is 2.70. The first kappa shape index (κ1) is 27.3. The number of hydrogen-bond acceptors (Lipinski definition) is 6. The first-order valence-electron chi connectivity index (χ1n) is 10.1. The number of amides is 4. The van der Waals surface area contributed by atoms with E-state index in [1.54, 1.807) is 6.92 Å². The summed E-state index contributed by atoms with van der Waals surface area (Å²) in [5.74, 6) is -4.14. The molecule has 0 saturated carbocycles. The summed E-state index contributed by atoms with van der Waals surface area (Å²) in [6.07, 6.45) is 0.862. The molecule has 0 aliphatic carbocycles. The lowest BCUT2D eigenvalue weighted by molar-refractivity contribution is -0.143. The van der Waals surface area contributed by atoms with Gasteiger partial charge in [0.15, 0.2) is 0 Å². The normalized spacial score (nSPS) is 15.8. The van der Waals surface area contributed by atoms with Crippen LogP contribution in [0.15, 0.2) is 0 Å².